The van der Waals surface area contributed by atoms with E-state index in [0.717, 1.165) is 4.90 Å². The molecule has 0 saturated carbocycles. The second-order valence-corrected chi connectivity index (χ2v) is 7.83. The number of imide groups is 1. The predicted molar refractivity (Wildman–Crippen MR) is 109 cm³/mol. The molecule has 1 heterocycles. The van der Waals surface area contributed by atoms with Gasteiger partial charge in [-0.1, -0.05) is 47.1 Å². The van der Waals surface area contributed by atoms with Gasteiger partial charge in [0.15, 0.2) is 0 Å². The molecule has 140 valence electrons. The number of thioether (sulfide) groups is 1. The van der Waals surface area contributed by atoms with Gasteiger partial charge in [-0.3, -0.25) is 14.5 Å². The van der Waals surface area contributed by atoms with Gasteiger partial charge < -0.3 is 4.74 Å². The third kappa shape index (κ3) is 4.55. The van der Waals surface area contributed by atoms with Crippen LogP contribution < -0.4 is 0 Å². The van der Waals surface area contributed by atoms with Crippen molar-refractivity contribution in [3.05, 3.63) is 69.0 Å². The van der Waals surface area contributed by atoms with Gasteiger partial charge in [0.1, 0.15) is 0 Å². The first-order valence-corrected chi connectivity index (χ1v) is 9.87. The van der Waals surface area contributed by atoms with Crippen LogP contribution in [0.4, 0.5) is 0 Å². The van der Waals surface area contributed by atoms with Crippen molar-refractivity contribution < 1.29 is 14.3 Å². The molecule has 0 fully saturated rings. The van der Waals surface area contributed by atoms with Crippen LogP contribution >= 0.6 is 35.0 Å². The van der Waals surface area contributed by atoms with Crippen LogP contribution in [0.5, 0.6) is 0 Å². The minimum atomic E-state index is -0.296. The van der Waals surface area contributed by atoms with Gasteiger partial charge in [-0.2, -0.15) is 0 Å². The van der Waals surface area contributed by atoms with E-state index in [1.54, 1.807) is 43.5 Å². The third-order valence-corrected chi connectivity index (χ3v) is 5.62. The van der Waals surface area contributed by atoms with Gasteiger partial charge in [0.25, 0.3) is 11.8 Å². The zero-order valence-electron chi connectivity index (χ0n) is 14.6. The molecule has 0 atom stereocenters. The number of amides is 2. The molecule has 0 unspecified atom stereocenters. The van der Waals surface area contributed by atoms with Crippen LogP contribution in [0.2, 0.25) is 10.0 Å². The van der Waals surface area contributed by atoms with E-state index < -0.39 is 0 Å². The maximum Gasteiger partial charge on any atom is 0.268 e. The Kier molecular flexibility index (Phi) is 6.60. The topological polar surface area (TPSA) is 46.6 Å². The summed E-state index contributed by atoms with van der Waals surface area (Å²) < 4.78 is 5.04. The largest absolute Gasteiger partial charge is 0.385 e. The Morgan fingerprint density at radius 3 is 2.11 bits per heavy atom. The molecule has 2 aromatic rings. The van der Waals surface area contributed by atoms with E-state index in [1.807, 2.05) is 12.1 Å². The summed E-state index contributed by atoms with van der Waals surface area (Å²) in [5.74, 6) is -0.587. The second kappa shape index (κ2) is 8.93. The van der Waals surface area contributed by atoms with Gasteiger partial charge in [0.05, 0.1) is 10.5 Å². The minimum absolute atomic E-state index is 0.291. The van der Waals surface area contributed by atoms with Gasteiger partial charge in [-0.25, -0.2) is 0 Å². The van der Waals surface area contributed by atoms with E-state index in [4.69, 9.17) is 27.9 Å². The second-order valence-electron chi connectivity index (χ2n) is 5.88. The highest BCUT2D eigenvalue weighted by Gasteiger charge is 2.39. The standard InChI is InChI=1S/C20H17Cl2NO3S/c1-26-12-2-11-23-19(24)17(13-3-5-14(21)6-4-13)18(20(23)25)27-16-9-7-15(22)8-10-16/h3-10H,2,11-12H2,1H3. The molecule has 1 aliphatic rings. The summed E-state index contributed by atoms with van der Waals surface area (Å²) in [4.78, 5) is 28.5. The average Bonchev–Trinajstić information content (AvgIpc) is 2.89. The normalized spacial score (nSPS) is 14.4. The Balaban J connectivity index is 1.97. The molecule has 2 aromatic carbocycles. The molecule has 0 radical (unpaired) electrons. The Hall–Kier alpha value is -1.79. The van der Waals surface area contributed by atoms with Crippen molar-refractivity contribution in [2.24, 2.45) is 0 Å². The fourth-order valence-corrected chi connectivity index (χ4v) is 3.97. The van der Waals surface area contributed by atoms with E-state index in [1.165, 1.54) is 16.7 Å². The Morgan fingerprint density at radius 2 is 1.52 bits per heavy atom. The molecule has 0 spiro atoms. The quantitative estimate of drug-likeness (QED) is 0.470. The third-order valence-electron chi connectivity index (χ3n) is 4.02. The number of nitrogens with zero attached hydrogens (tertiary/aromatic N) is 1. The first-order chi connectivity index (χ1) is 13.0. The van der Waals surface area contributed by atoms with Crippen LogP contribution in [0.1, 0.15) is 12.0 Å². The molecule has 3 rings (SSSR count). The van der Waals surface area contributed by atoms with E-state index in [0.29, 0.717) is 45.7 Å². The van der Waals surface area contributed by atoms with Gasteiger partial charge >= 0.3 is 0 Å². The number of ether oxygens (including phenoxy) is 1. The Bertz CT molecular complexity index is 879. The summed E-state index contributed by atoms with van der Waals surface area (Å²) in [6.45, 7) is 0.792. The summed E-state index contributed by atoms with van der Waals surface area (Å²) in [6.07, 6.45) is 0.584. The van der Waals surface area contributed by atoms with Gasteiger partial charge in [0, 0.05) is 35.2 Å². The number of carbonyl (C=O) groups is 2. The maximum atomic E-state index is 13.0. The molecule has 0 N–H and O–H groups in total. The molecule has 2 amide bonds. The molecule has 0 saturated heterocycles. The molecule has 1 aliphatic heterocycles. The maximum absolute atomic E-state index is 13.0. The molecular formula is C20H17Cl2NO3S. The fraction of sp³-hybridized carbons (Fsp3) is 0.200. The van der Waals surface area contributed by atoms with Crippen molar-refractivity contribution in [1.82, 2.24) is 4.90 Å². The Labute approximate surface area is 172 Å². The first kappa shape index (κ1) is 20.0. The van der Waals surface area contributed by atoms with Gasteiger partial charge in [0.2, 0.25) is 0 Å². The zero-order chi connectivity index (χ0) is 19.4. The lowest BCUT2D eigenvalue weighted by Crippen LogP contribution is -2.33. The number of benzene rings is 2. The van der Waals surface area contributed by atoms with Crippen LogP contribution in [0.25, 0.3) is 5.57 Å². The molecule has 7 heteroatoms. The summed E-state index contributed by atoms with van der Waals surface area (Å²) in [5.41, 5.74) is 1.07. The van der Waals surface area contributed by atoms with Crippen molar-refractivity contribution in [1.29, 1.82) is 0 Å². The average molecular weight is 422 g/mol. The van der Waals surface area contributed by atoms with E-state index >= 15 is 0 Å². The lowest BCUT2D eigenvalue weighted by molar-refractivity contribution is -0.136. The number of halogens is 2. The van der Waals surface area contributed by atoms with Crippen molar-refractivity contribution in [2.75, 3.05) is 20.3 Å². The highest BCUT2D eigenvalue weighted by Crippen LogP contribution is 2.40. The number of hydrogen-bond donors (Lipinski definition) is 0. The van der Waals surface area contributed by atoms with E-state index in [2.05, 4.69) is 0 Å². The minimum Gasteiger partial charge on any atom is -0.385 e. The zero-order valence-corrected chi connectivity index (χ0v) is 16.9. The fourth-order valence-electron chi connectivity index (χ4n) is 2.71. The summed E-state index contributed by atoms with van der Waals surface area (Å²) >= 11 is 13.2. The van der Waals surface area contributed by atoms with Gasteiger partial charge in [-0.05, 0) is 48.4 Å². The van der Waals surface area contributed by atoms with Crippen LogP contribution in [-0.4, -0.2) is 37.0 Å². The summed E-state index contributed by atoms with van der Waals surface area (Å²) in [5, 5.41) is 1.18. The van der Waals surface area contributed by atoms with Crippen LogP contribution in [0, 0.1) is 0 Å². The molecule has 0 aliphatic carbocycles. The van der Waals surface area contributed by atoms with Crippen molar-refractivity contribution in [3.63, 3.8) is 0 Å². The van der Waals surface area contributed by atoms with Crippen LogP contribution in [0.3, 0.4) is 0 Å². The SMILES string of the molecule is COCCCN1C(=O)C(Sc2ccc(Cl)cc2)=C(c2ccc(Cl)cc2)C1=O. The number of carbonyl (C=O) groups excluding carboxylic acids is 2. The van der Waals surface area contributed by atoms with Crippen molar-refractivity contribution >= 4 is 52.4 Å². The van der Waals surface area contributed by atoms with Gasteiger partial charge in [-0.15, -0.1) is 0 Å². The number of hydrogen-bond acceptors (Lipinski definition) is 4. The highest BCUT2D eigenvalue weighted by atomic mass is 35.5. The monoisotopic (exact) mass is 421 g/mol. The van der Waals surface area contributed by atoms with E-state index in [9.17, 15) is 9.59 Å². The van der Waals surface area contributed by atoms with E-state index in [-0.39, 0.29) is 11.8 Å². The summed E-state index contributed by atoms with van der Waals surface area (Å²) in [7, 11) is 1.59. The highest BCUT2D eigenvalue weighted by molar-refractivity contribution is 8.04. The van der Waals surface area contributed by atoms with Crippen LogP contribution in [0.15, 0.2) is 58.3 Å². The molecule has 0 bridgehead atoms. The number of rotatable bonds is 7. The molecule has 0 aromatic heterocycles. The smallest absolute Gasteiger partial charge is 0.268 e. The van der Waals surface area contributed by atoms with Crippen molar-refractivity contribution in [2.45, 2.75) is 11.3 Å². The Morgan fingerprint density at radius 1 is 0.926 bits per heavy atom. The lowest BCUT2D eigenvalue weighted by Gasteiger charge is -2.14. The lowest BCUT2D eigenvalue weighted by atomic mass is 10.1. The predicted octanol–water partition coefficient (Wildman–Crippen LogP) is 4.90. The molecular weight excluding hydrogens is 405 g/mol. The summed E-state index contributed by atoms with van der Waals surface area (Å²) in [6, 6.07) is 14.1. The van der Waals surface area contributed by atoms with Crippen LogP contribution in [-0.2, 0) is 14.3 Å². The molecule has 27 heavy (non-hydrogen) atoms. The number of methoxy groups -OCH3 is 1. The first-order valence-electron chi connectivity index (χ1n) is 8.30. The van der Waals surface area contributed by atoms with Crippen molar-refractivity contribution in [3.8, 4) is 0 Å². The molecule has 4 nitrogen and oxygen atoms in total.